The number of benzene rings is 6. The molecule has 0 bridgehead atoms. The highest BCUT2D eigenvalue weighted by molar-refractivity contribution is 6.06. The van der Waals surface area contributed by atoms with Crippen LogP contribution in [0.2, 0.25) is 0 Å². The van der Waals surface area contributed by atoms with E-state index in [1.54, 1.807) is 0 Å². The van der Waals surface area contributed by atoms with Crippen molar-refractivity contribution in [3.63, 3.8) is 0 Å². The van der Waals surface area contributed by atoms with Crippen molar-refractivity contribution >= 4 is 11.8 Å². The van der Waals surface area contributed by atoms with Crippen LogP contribution < -0.4 is 0 Å². The molecule has 51 heavy (non-hydrogen) atoms. The molecule has 4 heteroatoms. The molecule has 6 aromatic carbocycles. The van der Waals surface area contributed by atoms with Crippen LogP contribution in [0.1, 0.15) is 47.2 Å². The predicted octanol–water partition coefficient (Wildman–Crippen LogP) is 9.98. The molecule has 6 aromatic rings. The molecule has 2 atom stereocenters. The van der Waals surface area contributed by atoms with Crippen LogP contribution in [0.3, 0.4) is 0 Å². The third-order valence-corrected chi connectivity index (χ3v) is 10.4. The summed E-state index contributed by atoms with van der Waals surface area (Å²) in [5.41, 5.74) is 4.13. The maximum absolute atomic E-state index is 7.41. The molecule has 2 unspecified atom stereocenters. The Hall–Kier alpha value is -5.74. The number of hydrogen-bond donors (Lipinski definition) is 0. The summed E-state index contributed by atoms with van der Waals surface area (Å²) >= 11 is 0. The molecule has 2 aliphatic heterocycles. The average Bonchev–Trinajstić information content (AvgIpc) is 3.78. The SMILES string of the molecule is CC(C)(C1=NC(Cc2ccccc2)C(c2ccccc2)(c2ccccc2)O1)C1=NC(Cc2ccccc2)C(c2ccccc2)(c2ccccc2)O1. The lowest BCUT2D eigenvalue weighted by Crippen LogP contribution is -2.44. The normalized spacial score (nSPS) is 19.0. The molecule has 0 aromatic heterocycles. The van der Waals surface area contributed by atoms with Crippen LogP contribution in [-0.4, -0.2) is 23.9 Å². The van der Waals surface area contributed by atoms with E-state index < -0.39 is 16.6 Å². The molecule has 8 rings (SSSR count). The summed E-state index contributed by atoms with van der Waals surface area (Å²) in [4.78, 5) is 11.1. The molecule has 0 aliphatic carbocycles. The van der Waals surface area contributed by atoms with E-state index in [0.29, 0.717) is 24.6 Å². The van der Waals surface area contributed by atoms with Gasteiger partial charge in [0.25, 0.3) is 0 Å². The summed E-state index contributed by atoms with van der Waals surface area (Å²) in [5.74, 6) is 1.23. The van der Waals surface area contributed by atoms with Gasteiger partial charge in [-0.15, -0.1) is 0 Å². The second-order valence-electron chi connectivity index (χ2n) is 14.0. The molecule has 0 N–H and O–H groups in total. The Bertz CT molecular complexity index is 1880. The Morgan fingerprint density at radius 1 is 0.412 bits per heavy atom. The van der Waals surface area contributed by atoms with Crippen LogP contribution in [0, 0.1) is 5.41 Å². The smallest absolute Gasteiger partial charge is 0.200 e. The third-order valence-electron chi connectivity index (χ3n) is 10.4. The lowest BCUT2D eigenvalue weighted by atomic mass is 9.78. The predicted molar refractivity (Wildman–Crippen MR) is 206 cm³/mol. The number of ether oxygens (including phenoxy) is 2. The zero-order valence-electron chi connectivity index (χ0n) is 29.1. The van der Waals surface area contributed by atoms with Gasteiger partial charge in [-0.3, -0.25) is 0 Å². The second kappa shape index (κ2) is 13.5. The van der Waals surface area contributed by atoms with Gasteiger partial charge in [0, 0.05) is 22.3 Å². The Labute approximate surface area is 301 Å². The number of hydrogen-bond acceptors (Lipinski definition) is 4. The quantitative estimate of drug-likeness (QED) is 0.146. The second-order valence-corrected chi connectivity index (χ2v) is 14.0. The van der Waals surface area contributed by atoms with E-state index in [2.05, 4.69) is 196 Å². The standard InChI is InChI=1S/C47H42N2O2/c1-45(2,43-48-41(33-35-21-9-3-10-22-35)46(50-43,37-25-13-5-14-26-37)38-27-15-6-16-28-38)44-49-42(34-36-23-11-4-12-24-36)47(51-44,39-29-17-7-18-30-39)40-31-19-8-20-32-40/h3-32,41-42H,33-34H2,1-2H3. The van der Waals surface area contributed by atoms with Gasteiger partial charge in [0.15, 0.2) is 11.2 Å². The van der Waals surface area contributed by atoms with Crippen LogP contribution >= 0.6 is 0 Å². The summed E-state index contributed by atoms with van der Waals surface area (Å²) in [7, 11) is 0. The van der Waals surface area contributed by atoms with Crippen molar-refractivity contribution in [3.05, 3.63) is 215 Å². The van der Waals surface area contributed by atoms with Crippen molar-refractivity contribution in [1.29, 1.82) is 0 Å². The molecular formula is C47H42N2O2. The molecule has 0 fully saturated rings. The van der Waals surface area contributed by atoms with Crippen LogP contribution in [-0.2, 0) is 33.5 Å². The van der Waals surface area contributed by atoms with Gasteiger partial charge >= 0.3 is 0 Å². The first-order valence-electron chi connectivity index (χ1n) is 17.8. The molecule has 252 valence electrons. The van der Waals surface area contributed by atoms with Crippen molar-refractivity contribution in [2.75, 3.05) is 0 Å². The summed E-state index contributed by atoms with van der Waals surface area (Å²) in [6.07, 6.45) is 1.40. The van der Waals surface area contributed by atoms with E-state index in [1.807, 2.05) is 0 Å². The van der Waals surface area contributed by atoms with Gasteiger partial charge < -0.3 is 9.47 Å². The molecule has 2 heterocycles. The van der Waals surface area contributed by atoms with Crippen molar-refractivity contribution < 1.29 is 9.47 Å². The molecule has 2 aliphatic rings. The lowest BCUT2D eigenvalue weighted by Gasteiger charge is -2.38. The number of nitrogens with zero attached hydrogens (tertiary/aromatic N) is 2. The van der Waals surface area contributed by atoms with Crippen molar-refractivity contribution in [3.8, 4) is 0 Å². The van der Waals surface area contributed by atoms with E-state index in [0.717, 1.165) is 22.3 Å². The average molecular weight is 667 g/mol. The van der Waals surface area contributed by atoms with Crippen LogP contribution in [0.15, 0.2) is 192 Å². The third kappa shape index (κ3) is 5.85. The van der Waals surface area contributed by atoms with Crippen molar-refractivity contribution in [1.82, 2.24) is 0 Å². The first-order chi connectivity index (χ1) is 25.0. The van der Waals surface area contributed by atoms with Gasteiger partial charge in [0.2, 0.25) is 11.8 Å². The molecule has 0 spiro atoms. The highest BCUT2D eigenvalue weighted by Crippen LogP contribution is 2.50. The van der Waals surface area contributed by atoms with E-state index in [-0.39, 0.29) is 12.1 Å². The fourth-order valence-corrected chi connectivity index (χ4v) is 7.76. The summed E-state index contributed by atoms with van der Waals surface area (Å²) in [6, 6.07) is 62.8. The molecule has 0 saturated carbocycles. The largest absolute Gasteiger partial charge is 0.462 e. The van der Waals surface area contributed by atoms with Crippen LogP contribution in [0.25, 0.3) is 0 Å². The minimum absolute atomic E-state index is 0.242. The van der Waals surface area contributed by atoms with E-state index in [9.17, 15) is 0 Å². The minimum atomic E-state index is -0.858. The summed E-state index contributed by atoms with van der Waals surface area (Å²) in [5, 5.41) is 0. The molecule has 4 nitrogen and oxygen atoms in total. The van der Waals surface area contributed by atoms with Crippen LogP contribution in [0.5, 0.6) is 0 Å². The minimum Gasteiger partial charge on any atom is -0.462 e. The molecular weight excluding hydrogens is 625 g/mol. The van der Waals surface area contributed by atoms with Gasteiger partial charge in [-0.05, 0) is 37.8 Å². The van der Waals surface area contributed by atoms with Crippen molar-refractivity contribution in [2.24, 2.45) is 15.4 Å². The fourth-order valence-electron chi connectivity index (χ4n) is 7.76. The van der Waals surface area contributed by atoms with Crippen LogP contribution in [0.4, 0.5) is 0 Å². The molecule has 0 saturated heterocycles. The van der Waals surface area contributed by atoms with Gasteiger partial charge in [-0.25, -0.2) is 9.98 Å². The Balaban J connectivity index is 1.27. The van der Waals surface area contributed by atoms with Gasteiger partial charge in [0.05, 0.1) is 0 Å². The first kappa shape index (κ1) is 32.5. The van der Waals surface area contributed by atoms with E-state index in [4.69, 9.17) is 19.5 Å². The maximum Gasteiger partial charge on any atom is 0.200 e. The van der Waals surface area contributed by atoms with Gasteiger partial charge in [-0.1, -0.05) is 182 Å². The first-order valence-corrected chi connectivity index (χ1v) is 17.8. The Morgan fingerprint density at radius 3 is 0.941 bits per heavy atom. The fraction of sp³-hybridized carbons (Fsp3) is 0.191. The monoisotopic (exact) mass is 666 g/mol. The topological polar surface area (TPSA) is 43.2 Å². The lowest BCUT2D eigenvalue weighted by molar-refractivity contribution is 0.0733. The highest BCUT2D eigenvalue weighted by atomic mass is 16.5. The zero-order valence-corrected chi connectivity index (χ0v) is 29.1. The van der Waals surface area contributed by atoms with Crippen molar-refractivity contribution in [2.45, 2.75) is 50.0 Å². The van der Waals surface area contributed by atoms with E-state index >= 15 is 0 Å². The Morgan fingerprint density at radius 2 is 0.667 bits per heavy atom. The summed E-state index contributed by atoms with van der Waals surface area (Å²) in [6.45, 7) is 4.28. The van der Waals surface area contributed by atoms with E-state index in [1.165, 1.54) is 11.1 Å². The molecule has 0 radical (unpaired) electrons. The van der Waals surface area contributed by atoms with Gasteiger partial charge in [0.1, 0.15) is 17.5 Å². The summed E-state index contributed by atoms with van der Waals surface area (Å²) < 4.78 is 14.8. The number of aliphatic imine (C=N–C) groups is 2. The van der Waals surface area contributed by atoms with Gasteiger partial charge in [-0.2, -0.15) is 0 Å². The maximum atomic E-state index is 7.41. The highest BCUT2D eigenvalue weighted by Gasteiger charge is 2.57. The Kier molecular flexibility index (Phi) is 8.61. The zero-order chi connectivity index (χ0) is 34.7. The number of rotatable bonds is 10. The molecule has 0 amide bonds.